The summed E-state index contributed by atoms with van der Waals surface area (Å²) in [5.41, 5.74) is 3.84. The van der Waals surface area contributed by atoms with Crippen molar-refractivity contribution in [2.24, 2.45) is 47.3 Å². The van der Waals surface area contributed by atoms with Crippen molar-refractivity contribution in [1.82, 2.24) is 0 Å². The fraction of sp³-hybridized carbons (Fsp3) is 0.829. The zero-order valence-electron chi connectivity index (χ0n) is 25.2. The third-order valence-electron chi connectivity index (χ3n) is 14.5. The van der Waals surface area contributed by atoms with Gasteiger partial charge in [-0.3, -0.25) is 0 Å². The Hall–Kier alpha value is -0.346. The second kappa shape index (κ2) is 10.2. The standard InChI is InChI=1S/C35H58Si2/c1-24(26-13-8-7-9-14-26)19-29-23-35(33-22-28-16-12-15-27(28)21-32(29)33)37(5,6)36(3,4)34-20-25(2)30-17-10-11-18-31(30)34/h7-9,13-14,24-25,27-35H,10-12,15-23H2,1-6H3. The van der Waals surface area contributed by atoms with Gasteiger partial charge in [0.05, 0.1) is 0 Å². The van der Waals surface area contributed by atoms with Gasteiger partial charge in [-0.05, 0) is 108 Å². The number of rotatable bonds is 6. The van der Waals surface area contributed by atoms with E-state index in [1.807, 2.05) is 0 Å². The molecule has 1 aromatic carbocycles. The zero-order chi connectivity index (χ0) is 25.9. The molecular formula is C35H58Si2. The maximum Gasteiger partial charge on any atom is 0.0449 e. The minimum absolute atomic E-state index is 0.723. The van der Waals surface area contributed by atoms with Crippen molar-refractivity contribution >= 4 is 15.2 Å². The summed E-state index contributed by atoms with van der Waals surface area (Å²) in [5, 5.41) is 0. The molecule has 11 unspecified atom stereocenters. The van der Waals surface area contributed by atoms with Gasteiger partial charge in [0.15, 0.2) is 0 Å². The summed E-state index contributed by atoms with van der Waals surface area (Å²) < 4.78 is 0. The van der Waals surface area contributed by atoms with Crippen molar-refractivity contribution in [2.75, 3.05) is 0 Å². The van der Waals surface area contributed by atoms with Crippen molar-refractivity contribution in [1.29, 1.82) is 0 Å². The van der Waals surface area contributed by atoms with Crippen molar-refractivity contribution in [2.45, 2.75) is 134 Å². The number of hydrogen-bond acceptors (Lipinski definition) is 0. The number of benzene rings is 1. The van der Waals surface area contributed by atoms with E-state index in [0.717, 1.165) is 64.3 Å². The van der Waals surface area contributed by atoms with Gasteiger partial charge >= 0.3 is 0 Å². The summed E-state index contributed by atoms with van der Waals surface area (Å²) >= 11 is 0. The average Bonchev–Trinajstić information content (AvgIpc) is 3.59. The molecule has 5 aliphatic rings. The molecule has 0 nitrogen and oxygen atoms in total. The SMILES string of the molecule is CC(CC1CC([Si](C)(C)[Si](C)(C)C2CC(C)C3CCCCC32)C2CC3CCCC3CC12)c1ccccc1. The molecule has 0 amide bonds. The summed E-state index contributed by atoms with van der Waals surface area (Å²) in [6.07, 6.45) is 18.8. The van der Waals surface area contributed by atoms with Crippen LogP contribution >= 0.6 is 0 Å². The van der Waals surface area contributed by atoms with Crippen molar-refractivity contribution < 1.29 is 0 Å². The van der Waals surface area contributed by atoms with Crippen LogP contribution in [0.25, 0.3) is 0 Å². The van der Waals surface area contributed by atoms with E-state index in [1.165, 1.54) is 25.7 Å². The van der Waals surface area contributed by atoms with Crippen LogP contribution in [0.4, 0.5) is 0 Å². The first-order valence-electron chi connectivity index (χ1n) is 16.7. The van der Waals surface area contributed by atoms with Gasteiger partial charge in [0.25, 0.3) is 0 Å². The Morgan fingerprint density at radius 1 is 0.676 bits per heavy atom. The molecule has 0 aromatic heterocycles. The predicted molar refractivity (Wildman–Crippen MR) is 166 cm³/mol. The first-order valence-corrected chi connectivity index (χ1v) is 23.9. The van der Waals surface area contributed by atoms with E-state index in [1.54, 1.807) is 56.9 Å². The van der Waals surface area contributed by atoms with E-state index in [4.69, 9.17) is 0 Å². The maximum absolute atomic E-state index is 2.96. The summed E-state index contributed by atoms with van der Waals surface area (Å²) in [6, 6.07) is 11.5. The minimum atomic E-state index is -1.35. The molecule has 5 fully saturated rings. The molecule has 0 N–H and O–H groups in total. The number of fused-ring (bicyclic) bond motifs is 3. The van der Waals surface area contributed by atoms with Gasteiger partial charge in [-0.2, -0.15) is 0 Å². The molecule has 5 saturated carbocycles. The van der Waals surface area contributed by atoms with Crippen molar-refractivity contribution in [3.63, 3.8) is 0 Å². The Morgan fingerprint density at radius 2 is 1.27 bits per heavy atom. The van der Waals surface area contributed by atoms with Crippen LogP contribution in [-0.2, 0) is 0 Å². The molecule has 0 heterocycles. The fourth-order valence-corrected chi connectivity index (χ4v) is 26.3. The Bertz CT molecular complexity index is 920. The molecule has 206 valence electrons. The monoisotopic (exact) mass is 534 g/mol. The van der Waals surface area contributed by atoms with Gasteiger partial charge < -0.3 is 0 Å². The molecule has 0 saturated heterocycles. The quantitative estimate of drug-likeness (QED) is 0.318. The molecule has 37 heavy (non-hydrogen) atoms. The lowest BCUT2D eigenvalue weighted by Gasteiger charge is -2.52. The second-order valence-corrected chi connectivity index (χ2v) is 32.4. The van der Waals surface area contributed by atoms with E-state index < -0.39 is 15.2 Å². The molecule has 0 bridgehead atoms. The molecule has 0 radical (unpaired) electrons. The van der Waals surface area contributed by atoms with Crippen LogP contribution in [0.3, 0.4) is 0 Å². The smallest absolute Gasteiger partial charge is 0.0449 e. The van der Waals surface area contributed by atoms with E-state index in [0.29, 0.717) is 0 Å². The lowest BCUT2D eigenvalue weighted by Crippen LogP contribution is -2.62. The summed E-state index contributed by atoms with van der Waals surface area (Å²) in [4.78, 5) is 0. The molecule has 5 aliphatic carbocycles. The van der Waals surface area contributed by atoms with E-state index in [9.17, 15) is 0 Å². The van der Waals surface area contributed by atoms with Crippen molar-refractivity contribution in [3.8, 4) is 0 Å². The lowest BCUT2D eigenvalue weighted by molar-refractivity contribution is 0.124. The molecular weight excluding hydrogens is 477 g/mol. The highest BCUT2D eigenvalue weighted by molar-refractivity contribution is 7.41. The van der Waals surface area contributed by atoms with Gasteiger partial charge in [-0.25, -0.2) is 0 Å². The van der Waals surface area contributed by atoms with Gasteiger partial charge in [0.2, 0.25) is 0 Å². The van der Waals surface area contributed by atoms with E-state index >= 15 is 0 Å². The van der Waals surface area contributed by atoms with Crippen LogP contribution in [0.2, 0.25) is 37.3 Å². The van der Waals surface area contributed by atoms with Crippen LogP contribution in [0, 0.1) is 47.3 Å². The minimum Gasteiger partial charge on any atom is -0.0711 e. The molecule has 11 atom stereocenters. The topological polar surface area (TPSA) is 0 Å². The Labute approximate surface area is 232 Å². The number of hydrogen-bond donors (Lipinski definition) is 0. The van der Waals surface area contributed by atoms with Gasteiger partial charge in [0, 0.05) is 15.2 Å². The highest BCUT2D eigenvalue weighted by Gasteiger charge is 2.61. The van der Waals surface area contributed by atoms with Crippen LogP contribution < -0.4 is 0 Å². The van der Waals surface area contributed by atoms with E-state index in [-0.39, 0.29) is 0 Å². The van der Waals surface area contributed by atoms with Gasteiger partial charge in [-0.15, -0.1) is 0 Å². The molecule has 6 rings (SSSR count). The predicted octanol–water partition coefficient (Wildman–Crippen LogP) is 10.7. The third kappa shape index (κ3) is 4.60. The zero-order valence-corrected chi connectivity index (χ0v) is 27.2. The Balaban J connectivity index is 1.27. The third-order valence-corrected chi connectivity index (χ3v) is 35.0. The van der Waals surface area contributed by atoms with Crippen LogP contribution in [-0.4, -0.2) is 15.2 Å². The highest BCUT2D eigenvalue weighted by Crippen LogP contribution is 2.65. The largest absolute Gasteiger partial charge is 0.0711 e. The second-order valence-electron chi connectivity index (χ2n) is 16.3. The van der Waals surface area contributed by atoms with Gasteiger partial charge in [-0.1, -0.05) is 109 Å². The van der Waals surface area contributed by atoms with Crippen LogP contribution in [0.5, 0.6) is 0 Å². The fourth-order valence-electron chi connectivity index (χ4n) is 11.9. The molecule has 0 aliphatic heterocycles. The summed E-state index contributed by atoms with van der Waals surface area (Å²) in [7, 11) is -2.67. The van der Waals surface area contributed by atoms with Gasteiger partial charge in [0.1, 0.15) is 0 Å². The Morgan fingerprint density at radius 3 is 1.95 bits per heavy atom. The first kappa shape index (κ1) is 26.9. The molecule has 2 heteroatoms. The Kier molecular flexibility index (Phi) is 7.43. The average molecular weight is 535 g/mol. The van der Waals surface area contributed by atoms with Crippen LogP contribution in [0.15, 0.2) is 30.3 Å². The highest BCUT2D eigenvalue weighted by atomic mass is 29.3. The summed E-state index contributed by atoms with van der Waals surface area (Å²) in [6.45, 7) is 17.0. The maximum atomic E-state index is 2.96. The lowest BCUT2D eigenvalue weighted by atomic mass is 9.67. The van der Waals surface area contributed by atoms with Crippen LogP contribution in [0.1, 0.15) is 102 Å². The van der Waals surface area contributed by atoms with Crippen molar-refractivity contribution in [3.05, 3.63) is 35.9 Å². The normalized spacial score (nSPS) is 42.8. The molecule has 0 spiro atoms. The van der Waals surface area contributed by atoms with E-state index in [2.05, 4.69) is 70.4 Å². The first-order chi connectivity index (χ1) is 17.7. The summed E-state index contributed by atoms with van der Waals surface area (Å²) in [5.74, 6) is 9.24. The molecule has 1 aromatic rings.